The van der Waals surface area contributed by atoms with Crippen LogP contribution in [0.3, 0.4) is 0 Å². The van der Waals surface area contributed by atoms with Crippen molar-refractivity contribution in [3.05, 3.63) is 17.2 Å². The Bertz CT molecular complexity index is 658. The Hall–Kier alpha value is -2.05. The molecule has 140 valence electrons. The lowest BCUT2D eigenvalue weighted by Gasteiger charge is -2.30. The van der Waals surface area contributed by atoms with Gasteiger partial charge >= 0.3 is 12.1 Å². The van der Waals surface area contributed by atoms with Crippen LogP contribution in [0, 0.1) is 5.92 Å². The molecule has 2 rings (SSSR count). The molecule has 0 aliphatic carbocycles. The summed E-state index contributed by atoms with van der Waals surface area (Å²) < 4.78 is 7.14. The molecule has 1 amide bonds. The van der Waals surface area contributed by atoms with E-state index in [4.69, 9.17) is 4.74 Å². The maximum atomic E-state index is 12.3. The number of carboxylic acid groups (broad SMARTS) is 1. The molecule has 1 aromatic heterocycles. The van der Waals surface area contributed by atoms with Gasteiger partial charge in [-0.3, -0.25) is 4.90 Å². The molecule has 0 spiro atoms. The second-order valence-electron chi connectivity index (χ2n) is 8.15. The van der Waals surface area contributed by atoms with Crippen molar-refractivity contribution >= 4 is 12.1 Å². The molecule has 0 saturated heterocycles. The summed E-state index contributed by atoms with van der Waals surface area (Å²) >= 11 is 0. The summed E-state index contributed by atoms with van der Waals surface area (Å²) in [5.41, 5.74) is 0.307. The second kappa shape index (κ2) is 7.06. The first-order valence-corrected chi connectivity index (χ1v) is 8.80. The number of carboxylic acids is 1. The van der Waals surface area contributed by atoms with Gasteiger partial charge < -0.3 is 14.4 Å². The predicted molar refractivity (Wildman–Crippen MR) is 93.7 cm³/mol. The Kier molecular flexibility index (Phi) is 5.44. The van der Waals surface area contributed by atoms with Gasteiger partial charge in [0.2, 0.25) is 0 Å². The molecular formula is C18H29N3O4. The lowest BCUT2D eigenvalue weighted by Crippen LogP contribution is -2.42. The van der Waals surface area contributed by atoms with E-state index in [1.54, 1.807) is 9.47 Å². The van der Waals surface area contributed by atoms with Crippen LogP contribution >= 0.6 is 0 Å². The minimum atomic E-state index is -0.963. The maximum absolute atomic E-state index is 12.3. The third-order valence-corrected chi connectivity index (χ3v) is 4.15. The Morgan fingerprint density at radius 1 is 1.24 bits per heavy atom. The molecule has 1 aliphatic rings. The van der Waals surface area contributed by atoms with Crippen LogP contribution in [-0.4, -0.2) is 43.8 Å². The molecule has 1 atom stereocenters. The number of fused-ring (bicyclic) bond motifs is 1. The van der Waals surface area contributed by atoms with Crippen LogP contribution in [0.2, 0.25) is 0 Å². The number of carbonyl (C=O) groups is 2. The van der Waals surface area contributed by atoms with Gasteiger partial charge in [0.25, 0.3) is 0 Å². The number of aromatic carboxylic acids is 1. The number of aromatic nitrogens is 2. The third-order valence-electron chi connectivity index (χ3n) is 4.15. The first-order chi connectivity index (χ1) is 11.5. The van der Waals surface area contributed by atoms with E-state index in [0.717, 1.165) is 6.42 Å². The fraction of sp³-hybridized carbons (Fsp3) is 0.722. The average Bonchev–Trinajstić information content (AvgIpc) is 2.83. The van der Waals surface area contributed by atoms with E-state index in [1.165, 1.54) is 0 Å². The normalized spacial score (nSPS) is 15.9. The number of nitrogens with zero attached hydrogens (tertiary/aromatic N) is 3. The monoisotopic (exact) mass is 351 g/mol. The standard InChI is InChI=1S/C18H29N3O4/c1-11(2)9-12(3)14-15(16(22)23)21-8-7-20(10-13(21)19-14)17(24)25-18(4,5)6/h11-12H,7-10H2,1-6H3,(H,22,23)/t12-/m1/s1. The smallest absolute Gasteiger partial charge is 0.410 e. The van der Waals surface area contributed by atoms with Gasteiger partial charge in [-0.25, -0.2) is 14.6 Å². The molecule has 1 aliphatic heterocycles. The molecule has 0 unspecified atom stereocenters. The summed E-state index contributed by atoms with van der Waals surface area (Å²) in [7, 11) is 0. The zero-order valence-corrected chi connectivity index (χ0v) is 16.0. The van der Waals surface area contributed by atoms with E-state index < -0.39 is 17.7 Å². The van der Waals surface area contributed by atoms with Gasteiger partial charge in [-0.2, -0.15) is 0 Å². The summed E-state index contributed by atoms with van der Waals surface area (Å²) in [5.74, 6) is 0.156. The zero-order chi connectivity index (χ0) is 18.9. The van der Waals surface area contributed by atoms with Crippen molar-refractivity contribution in [2.45, 2.75) is 72.6 Å². The second-order valence-corrected chi connectivity index (χ2v) is 8.15. The van der Waals surface area contributed by atoms with Crippen LogP contribution in [0.4, 0.5) is 4.79 Å². The maximum Gasteiger partial charge on any atom is 0.410 e. The van der Waals surface area contributed by atoms with Gasteiger partial charge in [0, 0.05) is 19.0 Å². The van der Waals surface area contributed by atoms with Crippen LogP contribution in [0.5, 0.6) is 0 Å². The number of hydrogen-bond acceptors (Lipinski definition) is 4. The third kappa shape index (κ3) is 4.52. The van der Waals surface area contributed by atoms with Crippen molar-refractivity contribution in [1.82, 2.24) is 14.5 Å². The highest BCUT2D eigenvalue weighted by Crippen LogP contribution is 2.29. The predicted octanol–water partition coefficient (Wildman–Crippen LogP) is 3.48. The average molecular weight is 351 g/mol. The molecule has 0 aromatic carbocycles. The van der Waals surface area contributed by atoms with Crippen LogP contribution in [0.15, 0.2) is 0 Å². The first kappa shape index (κ1) is 19.3. The lowest BCUT2D eigenvalue weighted by atomic mass is 9.95. The summed E-state index contributed by atoms with van der Waals surface area (Å²) in [6, 6.07) is 0. The SMILES string of the molecule is CC(C)C[C@@H](C)c1nc2n(c1C(=O)O)CCN(C(=O)OC(C)(C)C)C2. The molecular weight excluding hydrogens is 322 g/mol. The fourth-order valence-corrected chi connectivity index (χ4v) is 3.22. The molecule has 2 heterocycles. The molecule has 0 fully saturated rings. The molecule has 25 heavy (non-hydrogen) atoms. The Morgan fingerprint density at radius 2 is 1.88 bits per heavy atom. The van der Waals surface area contributed by atoms with Crippen LogP contribution < -0.4 is 0 Å². The van der Waals surface area contributed by atoms with Crippen molar-refractivity contribution in [1.29, 1.82) is 0 Å². The Labute approximate surface area is 149 Å². The molecule has 1 aromatic rings. The Morgan fingerprint density at radius 3 is 2.40 bits per heavy atom. The van der Waals surface area contributed by atoms with Crippen LogP contribution in [-0.2, 0) is 17.8 Å². The topological polar surface area (TPSA) is 84.7 Å². The molecule has 7 nitrogen and oxygen atoms in total. The Balaban J connectivity index is 2.28. The summed E-state index contributed by atoms with van der Waals surface area (Å²) in [6.07, 6.45) is 0.474. The highest BCUT2D eigenvalue weighted by Gasteiger charge is 2.32. The summed E-state index contributed by atoms with van der Waals surface area (Å²) in [6.45, 7) is 12.8. The van der Waals surface area contributed by atoms with E-state index in [-0.39, 0.29) is 18.2 Å². The van der Waals surface area contributed by atoms with Crippen molar-refractivity contribution in [3.63, 3.8) is 0 Å². The molecule has 0 radical (unpaired) electrons. The van der Waals surface area contributed by atoms with E-state index in [1.807, 2.05) is 27.7 Å². The largest absolute Gasteiger partial charge is 0.477 e. The zero-order valence-electron chi connectivity index (χ0n) is 16.0. The highest BCUT2D eigenvalue weighted by atomic mass is 16.6. The molecule has 1 N–H and O–H groups in total. The first-order valence-electron chi connectivity index (χ1n) is 8.80. The van der Waals surface area contributed by atoms with Gasteiger partial charge in [-0.15, -0.1) is 0 Å². The van der Waals surface area contributed by atoms with Gasteiger partial charge in [-0.1, -0.05) is 20.8 Å². The van der Waals surface area contributed by atoms with Gasteiger partial charge in [-0.05, 0) is 33.1 Å². The van der Waals surface area contributed by atoms with Gasteiger partial charge in [0.05, 0.1) is 12.2 Å². The van der Waals surface area contributed by atoms with E-state index in [0.29, 0.717) is 30.5 Å². The summed E-state index contributed by atoms with van der Waals surface area (Å²) in [4.78, 5) is 30.2. The fourth-order valence-electron chi connectivity index (χ4n) is 3.22. The van der Waals surface area contributed by atoms with Crippen LogP contribution in [0.25, 0.3) is 0 Å². The quantitative estimate of drug-likeness (QED) is 0.897. The van der Waals surface area contributed by atoms with E-state index >= 15 is 0 Å². The van der Waals surface area contributed by atoms with E-state index in [9.17, 15) is 14.7 Å². The van der Waals surface area contributed by atoms with Crippen molar-refractivity contribution in [2.75, 3.05) is 6.54 Å². The van der Waals surface area contributed by atoms with Crippen molar-refractivity contribution in [3.8, 4) is 0 Å². The summed E-state index contributed by atoms with van der Waals surface area (Å²) in [5, 5.41) is 9.66. The number of rotatable bonds is 4. The van der Waals surface area contributed by atoms with Crippen LogP contribution in [0.1, 0.15) is 75.9 Å². The molecule has 7 heteroatoms. The number of hydrogen-bond donors (Lipinski definition) is 1. The van der Waals surface area contributed by atoms with Gasteiger partial charge in [0.15, 0.2) is 5.69 Å². The molecule has 0 bridgehead atoms. The van der Waals surface area contributed by atoms with Crippen molar-refractivity contribution < 1.29 is 19.4 Å². The number of carbonyl (C=O) groups excluding carboxylic acids is 1. The highest BCUT2D eigenvalue weighted by molar-refractivity contribution is 5.87. The lowest BCUT2D eigenvalue weighted by molar-refractivity contribution is 0.0194. The van der Waals surface area contributed by atoms with Crippen molar-refractivity contribution in [2.24, 2.45) is 5.92 Å². The number of imidazole rings is 1. The van der Waals surface area contributed by atoms with Gasteiger partial charge in [0.1, 0.15) is 11.4 Å². The minimum absolute atomic E-state index is 0.0548. The minimum Gasteiger partial charge on any atom is -0.477 e. The van der Waals surface area contributed by atoms with E-state index in [2.05, 4.69) is 18.8 Å². The number of amides is 1. The number of ether oxygens (including phenoxy) is 1. The molecule has 0 saturated carbocycles.